The van der Waals surface area contributed by atoms with E-state index in [1.54, 1.807) is 0 Å². The summed E-state index contributed by atoms with van der Waals surface area (Å²) in [5.74, 6) is -1.66. The Kier molecular flexibility index (Phi) is 11.9. The molecular weight excluding hydrogens is 412 g/mol. The second-order valence-electron chi connectivity index (χ2n) is 6.05. The highest BCUT2D eigenvalue weighted by atomic mass is 32.2. The lowest BCUT2D eigenvalue weighted by molar-refractivity contribution is -0.127. The smallest absolute Gasteiger partial charge is 0.264 e. The largest absolute Gasteiger partial charge is 0.339 e. The zero-order chi connectivity index (χ0) is 21.8. The van der Waals surface area contributed by atoms with Gasteiger partial charge in [0, 0.05) is 26.2 Å². The van der Waals surface area contributed by atoms with Gasteiger partial charge in [0.05, 0.1) is 11.5 Å². The van der Waals surface area contributed by atoms with Crippen LogP contribution in [0.25, 0.3) is 0 Å². The summed E-state index contributed by atoms with van der Waals surface area (Å²) >= 11 is 0. The van der Waals surface area contributed by atoms with Crippen molar-refractivity contribution in [2.24, 2.45) is 0 Å². The number of hydrogen-bond donors (Lipinski definition) is 2. The van der Waals surface area contributed by atoms with Crippen LogP contribution >= 0.6 is 0 Å². The van der Waals surface area contributed by atoms with E-state index in [-0.39, 0.29) is 37.7 Å². The molecule has 12 heteroatoms. The third kappa shape index (κ3) is 13.4. The van der Waals surface area contributed by atoms with Crippen molar-refractivity contribution in [1.82, 2.24) is 9.80 Å². The first-order valence-electron chi connectivity index (χ1n) is 8.62. The van der Waals surface area contributed by atoms with E-state index < -0.39 is 31.7 Å². The fourth-order valence-electron chi connectivity index (χ4n) is 2.40. The zero-order valence-electron chi connectivity index (χ0n) is 15.7. The lowest BCUT2D eigenvalue weighted by Gasteiger charge is -2.23. The van der Waals surface area contributed by atoms with Crippen LogP contribution in [0.1, 0.15) is 25.7 Å². The maximum absolute atomic E-state index is 11.8. The Hall–Kier alpha value is -1.76. The lowest BCUT2D eigenvalue weighted by Crippen LogP contribution is -2.34. The molecular formula is C16H28N2O8S2. The minimum Gasteiger partial charge on any atom is -0.339 e. The molecule has 0 aliphatic heterocycles. The number of amides is 2. The number of carbonyl (C=O) groups excluding carboxylic acids is 2. The predicted octanol–water partition coefficient (Wildman–Crippen LogP) is 0.352. The summed E-state index contributed by atoms with van der Waals surface area (Å²) in [6, 6.07) is 0. The minimum atomic E-state index is -4.10. The van der Waals surface area contributed by atoms with Crippen LogP contribution in [0.2, 0.25) is 0 Å². The Morgan fingerprint density at radius 2 is 0.964 bits per heavy atom. The monoisotopic (exact) mass is 440 g/mol. The molecule has 2 N–H and O–H groups in total. The van der Waals surface area contributed by atoms with Crippen molar-refractivity contribution in [2.45, 2.75) is 25.7 Å². The van der Waals surface area contributed by atoms with Crippen molar-refractivity contribution in [3.8, 4) is 0 Å². The summed E-state index contributed by atoms with van der Waals surface area (Å²) in [6.45, 7) is 7.65. The van der Waals surface area contributed by atoms with Crippen LogP contribution in [-0.2, 0) is 29.8 Å². The second-order valence-corrected chi connectivity index (χ2v) is 9.19. The Morgan fingerprint density at radius 1 is 0.679 bits per heavy atom. The SMILES string of the molecule is C=CC(=O)N(CCCCN(CCCS(=O)(=O)O)C(=O)C=C)CCCS(=O)(=O)O. The minimum absolute atomic E-state index is 0.0785. The van der Waals surface area contributed by atoms with Gasteiger partial charge in [0.1, 0.15) is 0 Å². The number of unbranched alkanes of at least 4 members (excludes halogenated alkanes) is 1. The Morgan fingerprint density at radius 3 is 1.21 bits per heavy atom. The average Bonchev–Trinajstić information content (AvgIpc) is 2.58. The normalized spacial score (nSPS) is 11.6. The zero-order valence-corrected chi connectivity index (χ0v) is 17.3. The van der Waals surface area contributed by atoms with Gasteiger partial charge < -0.3 is 9.80 Å². The molecule has 162 valence electrons. The molecule has 0 bridgehead atoms. The molecule has 0 saturated heterocycles. The maximum atomic E-state index is 11.8. The third-order valence-corrected chi connectivity index (χ3v) is 5.35. The summed E-state index contributed by atoms with van der Waals surface area (Å²) in [5.41, 5.74) is 0. The molecule has 0 aliphatic carbocycles. The van der Waals surface area contributed by atoms with Gasteiger partial charge in [-0.3, -0.25) is 18.7 Å². The number of carbonyl (C=O) groups is 2. The van der Waals surface area contributed by atoms with E-state index in [1.165, 1.54) is 9.80 Å². The van der Waals surface area contributed by atoms with Gasteiger partial charge in [0.25, 0.3) is 20.2 Å². The fraction of sp³-hybridized carbons (Fsp3) is 0.625. The first-order chi connectivity index (χ1) is 12.9. The summed E-state index contributed by atoms with van der Waals surface area (Å²) in [4.78, 5) is 26.4. The van der Waals surface area contributed by atoms with Crippen molar-refractivity contribution in [3.63, 3.8) is 0 Å². The van der Waals surface area contributed by atoms with E-state index in [2.05, 4.69) is 13.2 Å². The van der Waals surface area contributed by atoms with Crippen molar-refractivity contribution in [1.29, 1.82) is 0 Å². The third-order valence-electron chi connectivity index (χ3n) is 3.74. The van der Waals surface area contributed by atoms with Crippen LogP contribution in [0.4, 0.5) is 0 Å². The number of hydrogen-bond acceptors (Lipinski definition) is 6. The van der Waals surface area contributed by atoms with E-state index in [9.17, 15) is 26.4 Å². The maximum Gasteiger partial charge on any atom is 0.264 e. The molecule has 0 unspecified atom stereocenters. The summed E-state index contributed by atoms with van der Waals surface area (Å²) in [6.07, 6.45) is 3.38. The summed E-state index contributed by atoms with van der Waals surface area (Å²) in [7, 11) is -8.20. The first-order valence-corrected chi connectivity index (χ1v) is 11.8. The summed E-state index contributed by atoms with van der Waals surface area (Å²) in [5, 5.41) is 0. The molecule has 0 fully saturated rings. The highest BCUT2D eigenvalue weighted by Crippen LogP contribution is 2.04. The van der Waals surface area contributed by atoms with Crippen LogP contribution in [0, 0.1) is 0 Å². The molecule has 0 aromatic rings. The Bertz CT molecular complexity index is 683. The molecule has 0 aromatic heterocycles. The predicted molar refractivity (Wildman–Crippen MR) is 105 cm³/mol. The lowest BCUT2D eigenvalue weighted by atomic mass is 10.2. The van der Waals surface area contributed by atoms with Crippen LogP contribution in [0.15, 0.2) is 25.3 Å². The quantitative estimate of drug-likeness (QED) is 0.210. The van der Waals surface area contributed by atoms with Gasteiger partial charge >= 0.3 is 0 Å². The molecule has 0 aromatic carbocycles. The molecule has 0 atom stereocenters. The van der Waals surface area contributed by atoms with Crippen molar-refractivity contribution in [3.05, 3.63) is 25.3 Å². The molecule has 0 rings (SSSR count). The summed E-state index contributed by atoms with van der Waals surface area (Å²) < 4.78 is 60.5. The number of rotatable bonds is 15. The topological polar surface area (TPSA) is 149 Å². The van der Waals surface area contributed by atoms with Crippen molar-refractivity contribution >= 4 is 32.1 Å². The van der Waals surface area contributed by atoms with Gasteiger partial charge in [-0.05, 0) is 37.8 Å². The van der Waals surface area contributed by atoms with Gasteiger partial charge in [-0.1, -0.05) is 13.2 Å². The van der Waals surface area contributed by atoms with Crippen LogP contribution in [0.3, 0.4) is 0 Å². The van der Waals surface area contributed by atoms with E-state index in [0.717, 1.165) is 12.2 Å². The Labute approximate surface area is 166 Å². The molecule has 0 aliphatic rings. The van der Waals surface area contributed by atoms with Gasteiger partial charge in [-0.25, -0.2) is 0 Å². The number of nitrogens with zero attached hydrogens (tertiary/aromatic N) is 2. The molecule has 10 nitrogen and oxygen atoms in total. The van der Waals surface area contributed by atoms with E-state index in [1.807, 2.05) is 0 Å². The van der Waals surface area contributed by atoms with Crippen LogP contribution < -0.4 is 0 Å². The van der Waals surface area contributed by atoms with Crippen LogP contribution in [-0.4, -0.2) is 85.2 Å². The van der Waals surface area contributed by atoms with Crippen molar-refractivity contribution in [2.75, 3.05) is 37.7 Å². The van der Waals surface area contributed by atoms with Gasteiger partial charge in [-0.2, -0.15) is 16.8 Å². The van der Waals surface area contributed by atoms with Gasteiger partial charge in [0.15, 0.2) is 0 Å². The van der Waals surface area contributed by atoms with E-state index >= 15 is 0 Å². The van der Waals surface area contributed by atoms with E-state index in [4.69, 9.17) is 9.11 Å². The highest BCUT2D eigenvalue weighted by molar-refractivity contribution is 7.86. The highest BCUT2D eigenvalue weighted by Gasteiger charge is 2.14. The van der Waals surface area contributed by atoms with Crippen LogP contribution in [0.5, 0.6) is 0 Å². The molecule has 0 spiro atoms. The van der Waals surface area contributed by atoms with Gasteiger partial charge in [0.2, 0.25) is 11.8 Å². The fourth-order valence-corrected chi connectivity index (χ4v) is 3.39. The molecule has 0 saturated carbocycles. The standard InChI is InChI=1S/C16H28N2O8S2/c1-3-15(19)17(11-7-13-27(21,22)23)9-5-6-10-18(16(20)4-2)12-8-14-28(24,25)26/h3-4H,1-2,5-14H2,(H,21,22,23)(H,24,25,26). The molecule has 28 heavy (non-hydrogen) atoms. The molecule has 0 heterocycles. The second kappa shape index (κ2) is 12.6. The van der Waals surface area contributed by atoms with E-state index in [0.29, 0.717) is 25.9 Å². The molecule has 2 amide bonds. The first kappa shape index (κ1) is 26.2. The van der Waals surface area contributed by atoms with Gasteiger partial charge in [-0.15, -0.1) is 0 Å². The van der Waals surface area contributed by atoms with Crippen molar-refractivity contribution < 1.29 is 35.5 Å². The molecule has 0 radical (unpaired) electrons. The average molecular weight is 441 g/mol. The Balaban J connectivity index is 4.52.